The number of halogens is 2. The Bertz CT molecular complexity index is 544. The van der Waals surface area contributed by atoms with Crippen molar-refractivity contribution in [1.82, 2.24) is 0 Å². The highest BCUT2D eigenvalue weighted by Gasteiger charge is 2.16. The molecule has 1 aromatic heterocycles. The molecule has 82 valence electrons. The zero-order valence-electron chi connectivity index (χ0n) is 8.46. The Hall–Kier alpha value is -1.25. The van der Waals surface area contributed by atoms with Crippen LogP contribution in [0.25, 0.3) is 0 Å². The topological polar surface area (TPSA) is 30.2 Å². The van der Waals surface area contributed by atoms with E-state index >= 15 is 0 Å². The highest BCUT2D eigenvalue weighted by Crippen LogP contribution is 2.24. The Morgan fingerprint density at radius 3 is 2.56 bits per heavy atom. The molecule has 0 spiro atoms. The van der Waals surface area contributed by atoms with E-state index in [0.29, 0.717) is 26.9 Å². The van der Waals surface area contributed by atoms with Crippen molar-refractivity contribution in [3.05, 3.63) is 57.5 Å². The molecule has 0 radical (unpaired) electrons. The number of aryl methyl sites for hydroxylation is 1. The Morgan fingerprint density at radius 1 is 1.19 bits per heavy atom. The Kier molecular flexibility index (Phi) is 3.03. The van der Waals surface area contributed by atoms with Gasteiger partial charge in [0.1, 0.15) is 5.76 Å². The summed E-state index contributed by atoms with van der Waals surface area (Å²) in [6.45, 7) is 1.73. The zero-order valence-corrected chi connectivity index (χ0v) is 9.97. The van der Waals surface area contributed by atoms with Crippen LogP contribution < -0.4 is 0 Å². The molecular formula is C12H8Cl2O2. The summed E-state index contributed by atoms with van der Waals surface area (Å²) >= 11 is 11.8. The van der Waals surface area contributed by atoms with Crippen LogP contribution in [0.4, 0.5) is 0 Å². The number of hydrogen-bond acceptors (Lipinski definition) is 2. The monoisotopic (exact) mass is 254 g/mol. The maximum atomic E-state index is 12.1. The molecule has 2 nitrogen and oxygen atoms in total. The van der Waals surface area contributed by atoms with Crippen LogP contribution in [-0.2, 0) is 0 Å². The maximum absolute atomic E-state index is 12.1. The molecule has 0 fully saturated rings. The van der Waals surface area contributed by atoms with Crippen molar-refractivity contribution in [2.24, 2.45) is 0 Å². The largest absolute Gasteiger partial charge is 0.469 e. The van der Waals surface area contributed by atoms with Gasteiger partial charge in [-0.2, -0.15) is 0 Å². The van der Waals surface area contributed by atoms with Gasteiger partial charge in [-0.05, 0) is 31.2 Å². The Balaban J connectivity index is 2.49. The van der Waals surface area contributed by atoms with Crippen LogP contribution in [0.1, 0.15) is 21.7 Å². The molecule has 0 amide bonds. The maximum Gasteiger partial charge on any atom is 0.198 e. The van der Waals surface area contributed by atoms with Crippen molar-refractivity contribution in [2.45, 2.75) is 6.92 Å². The van der Waals surface area contributed by atoms with Crippen LogP contribution in [0.2, 0.25) is 10.0 Å². The van der Waals surface area contributed by atoms with Gasteiger partial charge in [-0.3, -0.25) is 4.79 Å². The molecule has 2 aromatic rings. The lowest BCUT2D eigenvalue weighted by Crippen LogP contribution is -2.02. The molecule has 0 saturated carbocycles. The first-order valence-electron chi connectivity index (χ1n) is 4.63. The van der Waals surface area contributed by atoms with Gasteiger partial charge in [0.25, 0.3) is 0 Å². The van der Waals surface area contributed by atoms with Crippen LogP contribution in [0.15, 0.2) is 34.9 Å². The minimum atomic E-state index is -0.182. The fourth-order valence-electron chi connectivity index (χ4n) is 1.44. The number of benzene rings is 1. The zero-order chi connectivity index (χ0) is 11.7. The van der Waals surface area contributed by atoms with Crippen molar-refractivity contribution in [3.8, 4) is 0 Å². The number of rotatable bonds is 2. The van der Waals surface area contributed by atoms with Crippen LogP contribution in [0.5, 0.6) is 0 Å². The summed E-state index contributed by atoms with van der Waals surface area (Å²) in [6.07, 6.45) is 1.47. The summed E-state index contributed by atoms with van der Waals surface area (Å²) in [4.78, 5) is 12.1. The third-order valence-electron chi connectivity index (χ3n) is 2.28. The second kappa shape index (κ2) is 4.32. The van der Waals surface area contributed by atoms with Gasteiger partial charge in [0, 0.05) is 10.6 Å². The van der Waals surface area contributed by atoms with E-state index < -0.39 is 0 Å². The van der Waals surface area contributed by atoms with E-state index in [4.69, 9.17) is 27.6 Å². The average molecular weight is 255 g/mol. The molecule has 0 aliphatic heterocycles. The van der Waals surface area contributed by atoms with Crippen LogP contribution in [0.3, 0.4) is 0 Å². The second-order valence-electron chi connectivity index (χ2n) is 3.34. The van der Waals surface area contributed by atoms with Crippen LogP contribution >= 0.6 is 23.2 Å². The van der Waals surface area contributed by atoms with E-state index in [1.54, 1.807) is 31.2 Å². The highest BCUT2D eigenvalue weighted by molar-refractivity contribution is 6.36. The van der Waals surface area contributed by atoms with Gasteiger partial charge in [-0.25, -0.2) is 0 Å². The summed E-state index contributed by atoms with van der Waals surface area (Å²) in [5, 5.41) is 0.865. The van der Waals surface area contributed by atoms with Crippen LogP contribution in [-0.4, -0.2) is 5.78 Å². The fourth-order valence-corrected chi connectivity index (χ4v) is 1.81. The Morgan fingerprint density at radius 2 is 1.94 bits per heavy atom. The standard InChI is InChI=1S/C12H8Cl2O2/c1-7-9(4-5-16-7)12(15)10-6-8(13)2-3-11(10)14/h2-6H,1H3. The normalized spacial score (nSPS) is 10.4. The summed E-state index contributed by atoms with van der Waals surface area (Å²) in [6, 6.07) is 6.42. The number of carbonyl (C=O) groups excluding carboxylic acids is 1. The lowest BCUT2D eigenvalue weighted by molar-refractivity contribution is 0.103. The first kappa shape index (κ1) is 11.2. The summed E-state index contributed by atoms with van der Waals surface area (Å²) in [7, 11) is 0. The van der Waals surface area contributed by atoms with E-state index in [-0.39, 0.29) is 5.78 Å². The lowest BCUT2D eigenvalue weighted by Gasteiger charge is -2.02. The van der Waals surface area contributed by atoms with Gasteiger partial charge < -0.3 is 4.42 Å². The molecule has 0 unspecified atom stereocenters. The molecule has 16 heavy (non-hydrogen) atoms. The number of furan rings is 1. The molecule has 0 bridgehead atoms. The van der Waals surface area contributed by atoms with Crippen molar-refractivity contribution in [3.63, 3.8) is 0 Å². The van der Waals surface area contributed by atoms with E-state index in [0.717, 1.165) is 0 Å². The lowest BCUT2D eigenvalue weighted by atomic mass is 10.0. The molecule has 4 heteroatoms. The third kappa shape index (κ3) is 1.99. The van der Waals surface area contributed by atoms with Gasteiger partial charge in [0.2, 0.25) is 0 Å². The predicted molar refractivity (Wildman–Crippen MR) is 63.3 cm³/mol. The summed E-state index contributed by atoms with van der Waals surface area (Å²) in [5.41, 5.74) is 0.892. The van der Waals surface area contributed by atoms with Gasteiger partial charge >= 0.3 is 0 Å². The van der Waals surface area contributed by atoms with Crippen molar-refractivity contribution in [1.29, 1.82) is 0 Å². The van der Waals surface area contributed by atoms with Crippen molar-refractivity contribution >= 4 is 29.0 Å². The van der Waals surface area contributed by atoms with Gasteiger partial charge in [-0.15, -0.1) is 0 Å². The molecule has 0 aliphatic carbocycles. The Labute approximate surface area is 103 Å². The average Bonchev–Trinajstić information content (AvgIpc) is 2.67. The minimum absolute atomic E-state index is 0.182. The molecule has 1 heterocycles. The number of hydrogen-bond donors (Lipinski definition) is 0. The van der Waals surface area contributed by atoms with Crippen molar-refractivity contribution in [2.75, 3.05) is 0 Å². The second-order valence-corrected chi connectivity index (χ2v) is 4.19. The van der Waals surface area contributed by atoms with E-state index in [1.165, 1.54) is 6.26 Å². The van der Waals surface area contributed by atoms with Gasteiger partial charge in [0.05, 0.1) is 16.8 Å². The molecule has 0 aliphatic rings. The van der Waals surface area contributed by atoms with Crippen molar-refractivity contribution < 1.29 is 9.21 Å². The highest BCUT2D eigenvalue weighted by atomic mass is 35.5. The molecule has 0 saturated heterocycles. The fraction of sp³-hybridized carbons (Fsp3) is 0.0833. The number of ketones is 1. The first-order valence-corrected chi connectivity index (χ1v) is 5.39. The molecule has 0 N–H and O–H groups in total. The smallest absolute Gasteiger partial charge is 0.198 e. The molecule has 1 aromatic carbocycles. The first-order chi connectivity index (χ1) is 7.59. The summed E-state index contributed by atoms with van der Waals surface area (Å²) < 4.78 is 5.08. The van der Waals surface area contributed by atoms with Gasteiger partial charge in [0.15, 0.2) is 5.78 Å². The summed E-state index contributed by atoms with van der Waals surface area (Å²) in [5.74, 6) is 0.389. The van der Waals surface area contributed by atoms with E-state index in [1.807, 2.05) is 0 Å². The third-order valence-corrected chi connectivity index (χ3v) is 2.84. The van der Waals surface area contributed by atoms with Crippen LogP contribution in [0, 0.1) is 6.92 Å². The van der Waals surface area contributed by atoms with E-state index in [2.05, 4.69) is 0 Å². The SMILES string of the molecule is Cc1occc1C(=O)c1cc(Cl)ccc1Cl. The quantitative estimate of drug-likeness (QED) is 0.755. The van der Waals surface area contributed by atoms with Gasteiger partial charge in [-0.1, -0.05) is 23.2 Å². The predicted octanol–water partition coefficient (Wildman–Crippen LogP) is 4.13. The number of carbonyl (C=O) groups is 1. The molecule has 2 rings (SSSR count). The molecule has 0 atom stereocenters. The minimum Gasteiger partial charge on any atom is -0.469 e. The molecular weight excluding hydrogens is 247 g/mol. The van der Waals surface area contributed by atoms with E-state index in [9.17, 15) is 4.79 Å².